The molecule has 0 saturated heterocycles. The summed E-state index contributed by atoms with van der Waals surface area (Å²) in [5, 5.41) is 8.60. The van der Waals surface area contributed by atoms with E-state index in [0.29, 0.717) is 0 Å². The summed E-state index contributed by atoms with van der Waals surface area (Å²) in [6.45, 7) is 1.43. The van der Waals surface area contributed by atoms with Crippen molar-refractivity contribution in [2.24, 2.45) is 0 Å². The molecule has 16 heavy (non-hydrogen) atoms. The zero-order valence-corrected chi connectivity index (χ0v) is 9.88. The van der Waals surface area contributed by atoms with E-state index in [1.165, 1.54) is 19.1 Å². The van der Waals surface area contributed by atoms with Gasteiger partial charge in [-0.05, 0) is 25.1 Å². The molecule has 0 bridgehead atoms. The first-order valence-corrected chi connectivity index (χ1v) is 6.26. The fraction of sp³-hybridized carbons (Fsp3) is 0.222. The molecule has 0 heterocycles. The summed E-state index contributed by atoms with van der Waals surface area (Å²) in [4.78, 5) is 10.6. The zero-order chi connectivity index (χ0) is 12.3. The molecule has 1 aromatic carbocycles. The quantitative estimate of drug-likeness (QED) is 0.838. The molecule has 0 amide bonds. The van der Waals surface area contributed by atoms with Gasteiger partial charge in [0.25, 0.3) is 0 Å². The van der Waals surface area contributed by atoms with Crippen LogP contribution in [0.25, 0.3) is 0 Å². The first-order valence-electron chi connectivity index (χ1n) is 4.30. The maximum atomic E-state index is 11.1. The first-order chi connectivity index (χ1) is 7.35. The lowest BCUT2D eigenvalue weighted by Gasteiger charge is -2.06. The van der Waals surface area contributed by atoms with Crippen molar-refractivity contribution in [2.45, 2.75) is 6.92 Å². The lowest BCUT2D eigenvalue weighted by Crippen LogP contribution is -2.11. The van der Waals surface area contributed by atoms with Crippen LogP contribution in [0.5, 0.6) is 5.75 Å². The van der Waals surface area contributed by atoms with E-state index < -0.39 is 16.1 Å². The number of rotatable bonds is 4. The molecule has 0 spiro atoms. The summed E-state index contributed by atoms with van der Waals surface area (Å²) in [5.41, 5.74) is -0.0359. The highest BCUT2D eigenvalue weighted by Crippen LogP contribution is 2.26. The maximum Gasteiger partial charge on any atom is 0.335 e. The monoisotopic (exact) mass is 264 g/mol. The highest BCUT2D eigenvalue weighted by Gasteiger charge is 2.14. The van der Waals surface area contributed by atoms with Gasteiger partial charge in [-0.25, -0.2) is 4.79 Å². The molecule has 0 unspecified atom stereocenters. The number of carboxylic acids is 1. The number of hydrogen-bond donors (Lipinski definition) is 1. The highest BCUT2D eigenvalue weighted by molar-refractivity contribution is 7.87. The smallest absolute Gasteiger partial charge is 0.335 e. The van der Waals surface area contributed by atoms with E-state index in [9.17, 15) is 13.2 Å². The molecule has 0 aliphatic heterocycles. The second-order valence-electron chi connectivity index (χ2n) is 2.88. The Hall–Kier alpha value is -1.27. The van der Waals surface area contributed by atoms with Gasteiger partial charge in [-0.15, -0.1) is 0 Å². The van der Waals surface area contributed by atoms with Crippen molar-refractivity contribution in [3.63, 3.8) is 0 Å². The van der Waals surface area contributed by atoms with Crippen molar-refractivity contribution >= 4 is 27.7 Å². The van der Waals surface area contributed by atoms with Gasteiger partial charge in [0, 0.05) is 0 Å². The Bertz CT molecular complexity index is 509. The molecule has 0 radical (unpaired) electrons. The Balaban J connectivity index is 3.05. The van der Waals surface area contributed by atoms with Crippen LogP contribution >= 0.6 is 11.6 Å². The fourth-order valence-corrected chi connectivity index (χ4v) is 1.70. The Morgan fingerprint density at radius 2 is 2.12 bits per heavy atom. The summed E-state index contributed by atoms with van der Waals surface area (Å²) >= 11 is 5.68. The van der Waals surface area contributed by atoms with E-state index in [0.717, 1.165) is 6.07 Å². The lowest BCUT2D eigenvalue weighted by atomic mass is 10.2. The molecular weight excluding hydrogens is 256 g/mol. The van der Waals surface area contributed by atoms with Crippen LogP contribution in [0.1, 0.15) is 17.3 Å². The molecule has 1 rings (SSSR count). The van der Waals surface area contributed by atoms with Crippen LogP contribution in [-0.4, -0.2) is 25.2 Å². The molecule has 0 fully saturated rings. The molecule has 1 N–H and O–H groups in total. The van der Waals surface area contributed by atoms with E-state index in [2.05, 4.69) is 4.18 Å². The predicted octanol–water partition coefficient (Wildman–Crippen LogP) is 1.77. The Morgan fingerprint density at radius 1 is 1.50 bits per heavy atom. The van der Waals surface area contributed by atoms with E-state index in [1.807, 2.05) is 0 Å². The molecule has 7 heteroatoms. The zero-order valence-electron chi connectivity index (χ0n) is 8.31. The molecule has 0 aromatic heterocycles. The van der Waals surface area contributed by atoms with Crippen molar-refractivity contribution in [1.29, 1.82) is 0 Å². The van der Waals surface area contributed by atoms with Crippen molar-refractivity contribution in [2.75, 3.05) is 5.75 Å². The number of carboxylic acid groups (broad SMARTS) is 1. The largest absolute Gasteiger partial charge is 0.478 e. The van der Waals surface area contributed by atoms with Gasteiger partial charge in [-0.1, -0.05) is 11.6 Å². The molecule has 0 atom stereocenters. The van der Waals surface area contributed by atoms with Gasteiger partial charge in [0.05, 0.1) is 16.3 Å². The topological polar surface area (TPSA) is 80.7 Å². The van der Waals surface area contributed by atoms with Gasteiger partial charge >= 0.3 is 16.1 Å². The van der Waals surface area contributed by atoms with Crippen LogP contribution in [0.3, 0.4) is 0 Å². The predicted molar refractivity (Wildman–Crippen MR) is 58.5 cm³/mol. The van der Waals surface area contributed by atoms with E-state index >= 15 is 0 Å². The Kier molecular flexibility index (Phi) is 3.77. The van der Waals surface area contributed by atoms with Crippen LogP contribution in [0.4, 0.5) is 0 Å². The molecule has 0 aliphatic carbocycles. The SMILES string of the molecule is CCS(=O)(=O)Oc1ccc(C(=O)O)cc1Cl. The van der Waals surface area contributed by atoms with Gasteiger partial charge in [0.1, 0.15) is 0 Å². The van der Waals surface area contributed by atoms with Crippen molar-refractivity contribution in [3.8, 4) is 5.75 Å². The second kappa shape index (κ2) is 4.71. The second-order valence-corrected chi connectivity index (χ2v) is 5.15. The molecule has 0 saturated carbocycles. The number of hydrogen-bond acceptors (Lipinski definition) is 4. The summed E-state index contributed by atoms with van der Waals surface area (Å²) in [7, 11) is -3.66. The molecule has 1 aromatic rings. The van der Waals surface area contributed by atoms with Crippen molar-refractivity contribution in [3.05, 3.63) is 28.8 Å². The van der Waals surface area contributed by atoms with E-state index in [1.54, 1.807) is 0 Å². The van der Waals surface area contributed by atoms with Crippen LogP contribution in [-0.2, 0) is 10.1 Å². The Morgan fingerprint density at radius 3 is 2.56 bits per heavy atom. The maximum absolute atomic E-state index is 11.1. The summed E-state index contributed by atoms with van der Waals surface area (Å²) < 4.78 is 26.9. The molecular formula is C9H9ClO5S. The Labute approximate surface area is 97.7 Å². The van der Waals surface area contributed by atoms with E-state index in [4.69, 9.17) is 16.7 Å². The highest BCUT2D eigenvalue weighted by atomic mass is 35.5. The number of aromatic carboxylic acids is 1. The van der Waals surface area contributed by atoms with Crippen molar-refractivity contribution in [1.82, 2.24) is 0 Å². The normalized spacial score (nSPS) is 11.1. The summed E-state index contributed by atoms with van der Waals surface area (Å²) in [6.07, 6.45) is 0. The van der Waals surface area contributed by atoms with Gasteiger partial charge < -0.3 is 9.29 Å². The van der Waals surface area contributed by atoms with Crippen LogP contribution in [0.2, 0.25) is 5.02 Å². The third-order valence-electron chi connectivity index (χ3n) is 1.75. The lowest BCUT2D eigenvalue weighted by molar-refractivity contribution is 0.0697. The average molecular weight is 265 g/mol. The van der Waals surface area contributed by atoms with Crippen LogP contribution in [0.15, 0.2) is 18.2 Å². The summed E-state index contributed by atoms with van der Waals surface area (Å²) in [6, 6.07) is 3.55. The van der Waals surface area contributed by atoms with E-state index in [-0.39, 0.29) is 22.1 Å². The van der Waals surface area contributed by atoms with Crippen LogP contribution < -0.4 is 4.18 Å². The van der Waals surface area contributed by atoms with Gasteiger partial charge in [-0.2, -0.15) is 8.42 Å². The third kappa shape index (κ3) is 3.11. The minimum atomic E-state index is -3.66. The van der Waals surface area contributed by atoms with Crippen LogP contribution in [0, 0.1) is 0 Å². The molecule has 88 valence electrons. The minimum absolute atomic E-state index is 0.0359. The minimum Gasteiger partial charge on any atom is -0.478 e. The number of benzene rings is 1. The van der Waals surface area contributed by atoms with Gasteiger partial charge in [0.2, 0.25) is 0 Å². The standard InChI is InChI=1S/C9H9ClO5S/c1-2-16(13,14)15-8-4-3-6(9(11)12)5-7(8)10/h3-5H,2H2,1H3,(H,11,12). The first kappa shape index (κ1) is 12.8. The number of halogens is 1. The molecule has 0 aliphatic rings. The fourth-order valence-electron chi connectivity index (χ4n) is 0.897. The third-order valence-corrected chi connectivity index (χ3v) is 3.19. The van der Waals surface area contributed by atoms with Crippen molar-refractivity contribution < 1.29 is 22.5 Å². The average Bonchev–Trinajstić information content (AvgIpc) is 2.20. The van der Waals surface area contributed by atoms with Gasteiger partial charge in [0.15, 0.2) is 5.75 Å². The van der Waals surface area contributed by atoms with Gasteiger partial charge in [-0.3, -0.25) is 0 Å². The summed E-state index contributed by atoms with van der Waals surface area (Å²) in [5.74, 6) is -1.41. The molecule has 5 nitrogen and oxygen atoms in total. The number of carbonyl (C=O) groups is 1.